The Balaban J connectivity index is 0. The first-order chi connectivity index (χ1) is 12.0. The molecule has 0 spiro atoms. The van der Waals surface area contributed by atoms with Crippen molar-refractivity contribution in [2.24, 2.45) is 11.5 Å². The van der Waals surface area contributed by atoms with Gasteiger partial charge in [0, 0.05) is 12.1 Å². The van der Waals surface area contributed by atoms with E-state index < -0.39 is 0 Å². The lowest BCUT2D eigenvalue weighted by molar-refractivity contribution is 1.07. The van der Waals surface area contributed by atoms with Crippen LogP contribution >= 0.6 is 0 Å². The molecular weight excluding hydrogens is 306 g/mol. The Hall–Kier alpha value is -2.91. The number of nitrogens with one attached hydrogen (secondary N) is 1. The minimum atomic E-state index is 0.0184. The zero-order chi connectivity index (χ0) is 19.5. The molecule has 25 heavy (non-hydrogen) atoms. The summed E-state index contributed by atoms with van der Waals surface area (Å²) < 4.78 is 0. The third kappa shape index (κ3) is 15.8. The average Bonchev–Trinajstić information content (AvgIpc) is 2.61. The Bertz CT molecular complexity index is 605. The molecule has 0 saturated carbocycles. The van der Waals surface area contributed by atoms with E-state index in [1.807, 2.05) is 62.4 Å². The molecule has 3 heteroatoms. The summed E-state index contributed by atoms with van der Waals surface area (Å²) in [6.45, 7) is 15.2. The van der Waals surface area contributed by atoms with Crippen molar-refractivity contribution in [3.63, 3.8) is 0 Å². The lowest BCUT2D eigenvalue weighted by Crippen LogP contribution is -2.10. The number of nitrogens with two attached hydrogens (primary N) is 2. The molecule has 0 aromatic heterocycles. The highest BCUT2D eigenvalue weighted by Crippen LogP contribution is 1.94. The highest BCUT2D eigenvalue weighted by molar-refractivity contribution is 5.97. The van der Waals surface area contributed by atoms with Gasteiger partial charge in [-0.25, -0.2) is 0 Å². The van der Waals surface area contributed by atoms with Gasteiger partial charge in [0.25, 0.3) is 0 Å². The fraction of sp³-hybridized carbons (Fsp3) is 0.136. The summed E-state index contributed by atoms with van der Waals surface area (Å²) in [7, 11) is 0. The Morgan fingerprint density at radius 3 is 1.92 bits per heavy atom. The standard InChI is InChI=1S/C8H12.C7H10N2.C7H9N/c1-4-6-8(3)7-5-2;1-3-5-6(4-2)7(8)9;8-6-7-4-2-1-3-5-7/h4-7H,1H2,2-3H3;3-5H,1-2H2,(H3,8,9);1-5H,6,8H2/b7-5-,8-6-;6-5+;. The lowest BCUT2D eigenvalue weighted by atomic mass is 10.2. The maximum Gasteiger partial charge on any atom is 0.122 e. The highest BCUT2D eigenvalue weighted by Gasteiger charge is 1.89. The summed E-state index contributed by atoms with van der Waals surface area (Å²) in [5, 5.41) is 6.95. The predicted molar refractivity (Wildman–Crippen MR) is 113 cm³/mol. The van der Waals surface area contributed by atoms with E-state index in [-0.39, 0.29) is 5.84 Å². The molecule has 0 fully saturated rings. The van der Waals surface area contributed by atoms with E-state index >= 15 is 0 Å². The Morgan fingerprint density at radius 2 is 1.64 bits per heavy atom. The maximum atomic E-state index is 6.95. The Morgan fingerprint density at radius 1 is 1.08 bits per heavy atom. The van der Waals surface area contributed by atoms with Crippen LogP contribution in [0.15, 0.2) is 104 Å². The molecule has 134 valence electrons. The Labute approximate surface area is 153 Å². The molecule has 0 aliphatic carbocycles. The Kier molecular flexibility index (Phi) is 17.0. The number of benzene rings is 1. The van der Waals surface area contributed by atoms with Crippen LogP contribution in [-0.4, -0.2) is 5.84 Å². The number of hydrogen-bond acceptors (Lipinski definition) is 2. The van der Waals surface area contributed by atoms with Crippen molar-refractivity contribution in [2.45, 2.75) is 20.4 Å². The molecule has 0 unspecified atom stereocenters. The molecule has 0 saturated heterocycles. The number of rotatable bonds is 6. The van der Waals surface area contributed by atoms with Crippen LogP contribution in [0.3, 0.4) is 0 Å². The topological polar surface area (TPSA) is 75.9 Å². The second kappa shape index (κ2) is 17.4. The van der Waals surface area contributed by atoms with Crippen LogP contribution in [0.5, 0.6) is 0 Å². The fourth-order valence-electron chi connectivity index (χ4n) is 1.51. The van der Waals surface area contributed by atoms with Gasteiger partial charge in [-0.3, -0.25) is 5.41 Å². The van der Waals surface area contributed by atoms with E-state index in [0.29, 0.717) is 12.1 Å². The summed E-state index contributed by atoms with van der Waals surface area (Å²) in [5.74, 6) is 0.0184. The molecular formula is C22H31N3. The third-order valence-electron chi connectivity index (χ3n) is 2.72. The second-order valence-electron chi connectivity index (χ2n) is 4.81. The zero-order valence-corrected chi connectivity index (χ0v) is 15.4. The summed E-state index contributed by atoms with van der Waals surface area (Å²) >= 11 is 0. The van der Waals surface area contributed by atoms with Crippen molar-refractivity contribution in [1.82, 2.24) is 0 Å². The molecule has 0 amide bonds. The summed E-state index contributed by atoms with van der Waals surface area (Å²) in [5.41, 5.74) is 13.5. The lowest BCUT2D eigenvalue weighted by Gasteiger charge is -1.93. The minimum absolute atomic E-state index is 0.0184. The van der Waals surface area contributed by atoms with Crippen LogP contribution in [-0.2, 0) is 6.54 Å². The van der Waals surface area contributed by atoms with Gasteiger partial charge < -0.3 is 11.5 Å². The van der Waals surface area contributed by atoms with Crippen molar-refractivity contribution in [3.8, 4) is 0 Å². The van der Waals surface area contributed by atoms with E-state index in [4.69, 9.17) is 16.9 Å². The molecule has 0 bridgehead atoms. The molecule has 0 radical (unpaired) electrons. The molecule has 1 aromatic rings. The van der Waals surface area contributed by atoms with Crippen LogP contribution in [0.4, 0.5) is 0 Å². The van der Waals surface area contributed by atoms with Crippen molar-refractivity contribution in [2.75, 3.05) is 0 Å². The van der Waals surface area contributed by atoms with Crippen LogP contribution in [0.25, 0.3) is 0 Å². The van der Waals surface area contributed by atoms with Gasteiger partial charge >= 0.3 is 0 Å². The van der Waals surface area contributed by atoms with Gasteiger partial charge in [0.1, 0.15) is 5.84 Å². The molecule has 1 rings (SSSR count). The van der Waals surface area contributed by atoms with E-state index in [9.17, 15) is 0 Å². The molecule has 0 aliphatic heterocycles. The first-order valence-corrected chi connectivity index (χ1v) is 7.92. The van der Waals surface area contributed by atoms with Crippen LogP contribution in [0, 0.1) is 5.41 Å². The number of hydrogen-bond donors (Lipinski definition) is 3. The normalized spacial score (nSPS) is 10.7. The van der Waals surface area contributed by atoms with Crippen LogP contribution in [0.1, 0.15) is 19.4 Å². The first kappa shape index (κ1) is 24.3. The molecule has 0 atom stereocenters. The minimum Gasteiger partial charge on any atom is -0.384 e. The average molecular weight is 338 g/mol. The highest BCUT2D eigenvalue weighted by atomic mass is 14.7. The second-order valence-corrected chi connectivity index (χ2v) is 4.81. The van der Waals surface area contributed by atoms with Gasteiger partial charge in [-0.2, -0.15) is 0 Å². The monoisotopic (exact) mass is 337 g/mol. The van der Waals surface area contributed by atoms with Gasteiger partial charge in [0.2, 0.25) is 0 Å². The van der Waals surface area contributed by atoms with E-state index in [1.54, 1.807) is 18.2 Å². The zero-order valence-electron chi connectivity index (χ0n) is 15.4. The number of amidine groups is 1. The summed E-state index contributed by atoms with van der Waals surface area (Å²) in [6, 6.07) is 9.99. The SMILES string of the molecule is C=C/C=C(C)\C=C/C.C=C/C=C(\C=C)C(=N)N.NCc1ccccc1. The van der Waals surface area contributed by atoms with E-state index in [2.05, 4.69) is 19.7 Å². The van der Waals surface area contributed by atoms with Crippen LogP contribution < -0.4 is 11.5 Å². The molecule has 3 nitrogen and oxygen atoms in total. The van der Waals surface area contributed by atoms with Crippen molar-refractivity contribution in [1.29, 1.82) is 5.41 Å². The van der Waals surface area contributed by atoms with Gasteiger partial charge in [-0.1, -0.05) is 98.2 Å². The molecule has 0 heterocycles. The van der Waals surface area contributed by atoms with Gasteiger partial charge in [-0.05, 0) is 19.4 Å². The molecule has 1 aromatic carbocycles. The smallest absolute Gasteiger partial charge is 0.122 e. The van der Waals surface area contributed by atoms with Crippen molar-refractivity contribution < 1.29 is 0 Å². The van der Waals surface area contributed by atoms with Crippen molar-refractivity contribution >= 4 is 5.84 Å². The maximum absolute atomic E-state index is 6.95. The predicted octanol–water partition coefficient (Wildman–Crippen LogP) is 5.06. The summed E-state index contributed by atoms with van der Waals surface area (Å²) in [4.78, 5) is 0. The van der Waals surface area contributed by atoms with Gasteiger partial charge in [-0.15, -0.1) is 0 Å². The third-order valence-corrected chi connectivity index (χ3v) is 2.72. The van der Waals surface area contributed by atoms with Gasteiger partial charge in [0.15, 0.2) is 0 Å². The molecule has 5 N–H and O–H groups in total. The number of allylic oxidation sites excluding steroid dienone is 7. The van der Waals surface area contributed by atoms with E-state index in [1.165, 1.54) is 17.2 Å². The summed E-state index contributed by atoms with van der Waals surface area (Å²) in [6.07, 6.45) is 12.5. The quantitative estimate of drug-likeness (QED) is 0.385. The first-order valence-electron chi connectivity index (χ1n) is 7.92. The van der Waals surface area contributed by atoms with Crippen LogP contribution in [0.2, 0.25) is 0 Å². The largest absolute Gasteiger partial charge is 0.384 e. The fourth-order valence-corrected chi connectivity index (χ4v) is 1.51. The van der Waals surface area contributed by atoms with Gasteiger partial charge in [0.05, 0.1) is 0 Å². The van der Waals surface area contributed by atoms with E-state index in [0.717, 1.165) is 0 Å². The van der Waals surface area contributed by atoms with Crippen molar-refractivity contribution in [3.05, 3.63) is 109 Å². The molecule has 0 aliphatic rings.